The van der Waals surface area contributed by atoms with Gasteiger partial charge < -0.3 is 4.74 Å². The van der Waals surface area contributed by atoms with Gasteiger partial charge in [0.2, 0.25) is 0 Å². The van der Waals surface area contributed by atoms with Crippen LogP contribution in [0, 0.1) is 38.0 Å². The predicted octanol–water partition coefficient (Wildman–Crippen LogP) is 4.12. The minimum Gasteiger partial charge on any atom is -0.458 e. The molecule has 1 fully saturated rings. The summed E-state index contributed by atoms with van der Waals surface area (Å²) in [6.07, 6.45) is 2.46. The quantitative estimate of drug-likeness (QED) is 0.448. The molecule has 1 aromatic carbocycles. The average molecular weight is 350 g/mol. The number of hydrogen-bond acceptors (Lipinski definition) is 6. The lowest BCUT2D eigenvalue weighted by atomic mass is 9.75. The van der Waals surface area contributed by atoms with Crippen molar-refractivity contribution in [2.45, 2.75) is 46.1 Å². The molecule has 1 aliphatic rings. The van der Waals surface area contributed by atoms with E-state index in [-0.39, 0.29) is 17.6 Å². The van der Waals surface area contributed by atoms with Crippen molar-refractivity contribution in [3.8, 4) is 0 Å². The van der Waals surface area contributed by atoms with E-state index in [9.17, 15) is 25.0 Å². The molecule has 0 aromatic heterocycles. The molecular weight excluding hydrogens is 328 g/mol. The van der Waals surface area contributed by atoms with Crippen LogP contribution in [0.3, 0.4) is 0 Å². The Balaban J connectivity index is 2.27. The molecule has 0 N–H and O–H groups in total. The molecule has 0 unspecified atom stereocenters. The van der Waals surface area contributed by atoms with E-state index >= 15 is 0 Å². The number of ether oxygens (including phenoxy) is 1. The lowest BCUT2D eigenvalue weighted by Gasteiger charge is -2.36. The van der Waals surface area contributed by atoms with E-state index in [1.165, 1.54) is 0 Å². The molecule has 0 aliphatic heterocycles. The van der Waals surface area contributed by atoms with Gasteiger partial charge in [0.15, 0.2) is 0 Å². The summed E-state index contributed by atoms with van der Waals surface area (Å²) in [4.78, 5) is 32.9. The van der Waals surface area contributed by atoms with Crippen molar-refractivity contribution in [2.24, 2.45) is 17.8 Å². The van der Waals surface area contributed by atoms with Crippen LogP contribution in [-0.4, -0.2) is 21.9 Å². The van der Waals surface area contributed by atoms with Crippen molar-refractivity contribution in [2.75, 3.05) is 0 Å². The van der Waals surface area contributed by atoms with Crippen LogP contribution in [-0.2, 0) is 4.74 Å². The van der Waals surface area contributed by atoms with Crippen molar-refractivity contribution >= 4 is 17.3 Å². The van der Waals surface area contributed by atoms with Crippen LogP contribution in [0.1, 0.15) is 50.4 Å². The molecule has 2 rings (SSSR count). The number of carbonyl (C=O) groups is 1. The fourth-order valence-corrected chi connectivity index (χ4v) is 3.38. The van der Waals surface area contributed by atoms with E-state index in [0.29, 0.717) is 11.8 Å². The predicted molar refractivity (Wildman–Crippen MR) is 90.3 cm³/mol. The first kappa shape index (κ1) is 18.8. The number of nitro groups is 2. The van der Waals surface area contributed by atoms with Gasteiger partial charge in [-0.05, 0) is 30.6 Å². The van der Waals surface area contributed by atoms with E-state index in [1.807, 2.05) is 0 Å². The Hall–Kier alpha value is -2.51. The lowest BCUT2D eigenvalue weighted by molar-refractivity contribution is -0.394. The van der Waals surface area contributed by atoms with Crippen molar-refractivity contribution in [3.05, 3.63) is 44.0 Å². The van der Waals surface area contributed by atoms with Gasteiger partial charge in [0.1, 0.15) is 6.10 Å². The van der Waals surface area contributed by atoms with E-state index in [1.54, 1.807) is 0 Å². The van der Waals surface area contributed by atoms with Gasteiger partial charge in [0.05, 0.1) is 21.5 Å². The summed E-state index contributed by atoms with van der Waals surface area (Å²) in [6, 6.07) is 2.87. The molecule has 0 spiro atoms. The standard InChI is InChI=1S/C17H22N2O6/c1-10(2)15-5-4-11(3)6-16(15)25-17(20)12-7-13(18(21)22)9-14(8-12)19(23)24/h7-11,15-16H,4-6H2,1-3H3/t11-,15+,16-/m0/s1. The largest absolute Gasteiger partial charge is 0.458 e. The summed E-state index contributed by atoms with van der Waals surface area (Å²) < 4.78 is 5.61. The number of hydrogen-bond donors (Lipinski definition) is 0. The highest BCUT2D eigenvalue weighted by Crippen LogP contribution is 2.36. The SMILES string of the molecule is CC(C)[C@H]1CC[C@H](C)C[C@@H]1OC(=O)c1cc([N+](=O)[O-])cc([N+](=O)[O-])c1. The van der Waals surface area contributed by atoms with Gasteiger partial charge in [-0.25, -0.2) is 4.79 Å². The highest BCUT2D eigenvalue weighted by molar-refractivity contribution is 5.91. The number of benzene rings is 1. The van der Waals surface area contributed by atoms with Gasteiger partial charge in [0.25, 0.3) is 11.4 Å². The second kappa shape index (κ2) is 7.58. The molecule has 0 radical (unpaired) electrons. The molecule has 0 saturated heterocycles. The molecule has 3 atom stereocenters. The van der Waals surface area contributed by atoms with E-state index < -0.39 is 27.2 Å². The van der Waals surface area contributed by atoms with Crippen LogP contribution in [0.15, 0.2) is 18.2 Å². The molecule has 25 heavy (non-hydrogen) atoms. The fraction of sp³-hybridized carbons (Fsp3) is 0.588. The molecule has 1 aliphatic carbocycles. The van der Waals surface area contributed by atoms with Crippen LogP contribution in [0.4, 0.5) is 11.4 Å². The van der Waals surface area contributed by atoms with Gasteiger partial charge in [0, 0.05) is 12.1 Å². The molecule has 136 valence electrons. The smallest absolute Gasteiger partial charge is 0.338 e. The fourth-order valence-electron chi connectivity index (χ4n) is 3.38. The molecule has 1 saturated carbocycles. The molecule has 1 aromatic rings. The van der Waals surface area contributed by atoms with Crippen LogP contribution in [0.25, 0.3) is 0 Å². The molecule has 0 amide bonds. The maximum Gasteiger partial charge on any atom is 0.338 e. The normalized spacial score (nSPS) is 23.3. The molecule has 0 bridgehead atoms. The van der Waals surface area contributed by atoms with Gasteiger partial charge >= 0.3 is 5.97 Å². The molecule has 8 nitrogen and oxygen atoms in total. The van der Waals surface area contributed by atoms with Crippen molar-refractivity contribution in [3.63, 3.8) is 0 Å². The van der Waals surface area contributed by atoms with Crippen LogP contribution < -0.4 is 0 Å². The number of esters is 1. The third-order valence-electron chi connectivity index (χ3n) is 4.78. The number of nitro benzene ring substituents is 2. The number of carbonyl (C=O) groups excluding carboxylic acids is 1. The van der Waals surface area contributed by atoms with Crippen LogP contribution >= 0.6 is 0 Å². The monoisotopic (exact) mass is 350 g/mol. The summed E-state index contributed by atoms with van der Waals surface area (Å²) in [5, 5.41) is 21.9. The van der Waals surface area contributed by atoms with E-state index in [4.69, 9.17) is 4.74 Å². The summed E-state index contributed by atoms with van der Waals surface area (Å²) >= 11 is 0. The van der Waals surface area contributed by atoms with Crippen LogP contribution in [0.5, 0.6) is 0 Å². The minimum atomic E-state index is -0.761. The van der Waals surface area contributed by atoms with E-state index in [2.05, 4.69) is 20.8 Å². The number of non-ortho nitro benzene ring substituents is 2. The number of rotatable bonds is 5. The Morgan fingerprint density at radius 3 is 2.16 bits per heavy atom. The van der Waals surface area contributed by atoms with Crippen molar-refractivity contribution in [1.29, 1.82) is 0 Å². The van der Waals surface area contributed by atoms with Crippen LogP contribution in [0.2, 0.25) is 0 Å². The summed E-state index contributed by atoms with van der Waals surface area (Å²) in [5.41, 5.74) is -1.17. The zero-order valence-electron chi connectivity index (χ0n) is 14.5. The highest BCUT2D eigenvalue weighted by Gasteiger charge is 2.34. The first-order chi connectivity index (χ1) is 11.7. The van der Waals surface area contributed by atoms with Crippen molar-refractivity contribution < 1.29 is 19.4 Å². The second-order valence-electron chi connectivity index (χ2n) is 7.02. The highest BCUT2D eigenvalue weighted by atomic mass is 16.6. The Morgan fingerprint density at radius 1 is 1.12 bits per heavy atom. The van der Waals surface area contributed by atoms with Gasteiger partial charge in [-0.2, -0.15) is 0 Å². The maximum atomic E-state index is 12.5. The molecule has 8 heteroatoms. The van der Waals surface area contributed by atoms with Gasteiger partial charge in [-0.1, -0.05) is 27.2 Å². The lowest BCUT2D eigenvalue weighted by Crippen LogP contribution is -2.35. The van der Waals surface area contributed by atoms with Crippen molar-refractivity contribution in [1.82, 2.24) is 0 Å². The summed E-state index contributed by atoms with van der Waals surface area (Å²) in [5.74, 6) is 0.224. The number of nitrogens with zero attached hydrogens (tertiary/aromatic N) is 2. The van der Waals surface area contributed by atoms with Gasteiger partial charge in [-0.15, -0.1) is 0 Å². The zero-order valence-corrected chi connectivity index (χ0v) is 14.5. The second-order valence-corrected chi connectivity index (χ2v) is 7.02. The third-order valence-corrected chi connectivity index (χ3v) is 4.78. The Kier molecular flexibility index (Phi) is 5.71. The summed E-state index contributed by atoms with van der Waals surface area (Å²) in [6.45, 7) is 6.23. The first-order valence-electron chi connectivity index (χ1n) is 8.34. The summed E-state index contributed by atoms with van der Waals surface area (Å²) in [7, 11) is 0. The zero-order chi connectivity index (χ0) is 18.7. The van der Waals surface area contributed by atoms with E-state index in [0.717, 1.165) is 37.5 Å². The Bertz CT molecular complexity index is 655. The maximum absolute atomic E-state index is 12.5. The Morgan fingerprint density at radius 2 is 1.68 bits per heavy atom. The topological polar surface area (TPSA) is 113 Å². The average Bonchev–Trinajstić information content (AvgIpc) is 2.54. The minimum absolute atomic E-state index is 0.165. The molecular formula is C17H22N2O6. The van der Waals surface area contributed by atoms with Gasteiger partial charge in [-0.3, -0.25) is 20.2 Å². The first-order valence-corrected chi connectivity index (χ1v) is 8.34. The Labute approximate surface area is 145 Å². The third kappa shape index (κ3) is 4.52. The molecule has 0 heterocycles.